The monoisotopic (exact) mass is 719 g/mol. The second-order valence-corrected chi connectivity index (χ2v) is 11.8. The molecule has 0 saturated carbocycles. The number of hydrogen-bond acceptors (Lipinski definition) is 10. The number of aldehydes is 2. The number of nitrogens with zero attached hydrogens (tertiary/aromatic N) is 4. The molecule has 14 heteroatoms. The predicted molar refractivity (Wildman–Crippen MR) is 202 cm³/mol. The number of aromatic carboxylic acids is 1. The highest BCUT2D eigenvalue weighted by Gasteiger charge is 2.25. The molecule has 0 aliphatic carbocycles. The summed E-state index contributed by atoms with van der Waals surface area (Å²) in [7, 11) is 4.37. The molecule has 2 bridgehead atoms. The van der Waals surface area contributed by atoms with E-state index < -0.39 is 11.9 Å². The number of allylic oxidation sites excluding steroid dienone is 4. The fourth-order valence-corrected chi connectivity index (χ4v) is 6.51. The van der Waals surface area contributed by atoms with Crippen LogP contribution in [0.1, 0.15) is 48.9 Å². The molecule has 1 amide bonds. The Morgan fingerprint density at radius 1 is 0.906 bits per heavy atom. The van der Waals surface area contributed by atoms with Crippen LogP contribution in [0.25, 0.3) is 39.0 Å². The van der Waals surface area contributed by atoms with Crippen LogP contribution in [0.15, 0.2) is 72.8 Å². The number of fused-ring (bicyclic) bond motifs is 9. The highest BCUT2D eigenvalue weighted by atomic mass is 16.5. The van der Waals surface area contributed by atoms with Crippen molar-refractivity contribution in [2.75, 3.05) is 34.4 Å². The van der Waals surface area contributed by atoms with Gasteiger partial charge in [0.25, 0.3) is 5.91 Å². The van der Waals surface area contributed by atoms with Crippen LogP contribution in [0.3, 0.4) is 0 Å². The van der Waals surface area contributed by atoms with Crippen LogP contribution in [0.5, 0.6) is 11.5 Å². The molecule has 0 fully saturated rings. The van der Waals surface area contributed by atoms with Crippen molar-refractivity contribution in [2.24, 2.45) is 11.5 Å². The first-order chi connectivity index (χ1) is 25.8. The summed E-state index contributed by atoms with van der Waals surface area (Å²) in [5.41, 5.74) is 14.7. The first kappa shape index (κ1) is 37.9. The molecule has 3 aromatic carbocycles. The SMILES string of the molecule is C=C/C(C=O)=C1\C=C/CCNCCc2ccc(C(=O)O)c(c2)-c2nc3c(OC)c(C=O)ccc3n2CCn2c1nc1c(OC)c(C(N)=O)ccc12.CN. The van der Waals surface area contributed by atoms with Crippen molar-refractivity contribution in [3.05, 3.63) is 101 Å². The fraction of sp³-hybridized carbons (Fsp3) is 0.231. The molecule has 1 aliphatic heterocycles. The summed E-state index contributed by atoms with van der Waals surface area (Å²) in [6.45, 7) is 5.57. The topological polar surface area (TPSA) is 207 Å². The quantitative estimate of drug-likeness (QED) is 0.139. The fourth-order valence-electron chi connectivity index (χ4n) is 6.51. The van der Waals surface area contributed by atoms with Crippen LogP contribution in [0.4, 0.5) is 0 Å². The maximum atomic E-state index is 12.6. The third-order valence-corrected chi connectivity index (χ3v) is 8.94. The number of aryl methyl sites for hydroxylation is 2. The number of rotatable bonds is 7. The smallest absolute Gasteiger partial charge is 0.336 e. The summed E-state index contributed by atoms with van der Waals surface area (Å²) in [5, 5.41) is 13.7. The number of aromatic nitrogens is 4. The number of carbonyl (C=O) groups is 4. The maximum absolute atomic E-state index is 12.6. The Hall–Kier alpha value is -6.38. The van der Waals surface area contributed by atoms with Crippen LogP contribution in [-0.2, 0) is 24.3 Å². The average molecular weight is 720 g/mol. The lowest BCUT2D eigenvalue weighted by molar-refractivity contribution is -0.104. The second kappa shape index (κ2) is 16.8. The number of methoxy groups -OCH3 is 2. The lowest BCUT2D eigenvalue weighted by Crippen LogP contribution is -2.18. The Morgan fingerprint density at radius 3 is 2.17 bits per heavy atom. The van der Waals surface area contributed by atoms with Crippen molar-refractivity contribution in [1.82, 2.24) is 24.4 Å². The van der Waals surface area contributed by atoms with Crippen LogP contribution in [0.2, 0.25) is 0 Å². The van der Waals surface area contributed by atoms with Gasteiger partial charge in [0, 0.05) is 29.8 Å². The van der Waals surface area contributed by atoms with Gasteiger partial charge in [-0.1, -0.05) is 30.9 Å². The molecule has 53 heavy (non-hydrogen) atoms. The number of ether oxygens (including phenoxy) is 2. The van der Waals surface area contributed by atoms with Crippen LogP contribution < -0.4 is 26.3 Å². The van der Waals surface area contributed by atoms with Crippen LogP contribution in [0, 0.1) is 0 Å². The van der Waals surface area contributed by atoms with Gasteiger partial charge in [-0.15, -0.1) is 0 Å². The lowest BCUT2D eigenvalue weighted by Gasteiger charge is -2.16. The molecular formula is C39H41N7O7. The minimum absolute atomic E-state index is 0.0595. The van der Waals surface area contributed by atoms with E-state index in [1.165, 1.54) is 27.3 Å². The molecule has 274 valence electrons. The number of imidazole rings is 2. The molecule has 6 N–H and O–H groups in total. The van der Waals surface area contributed by atoms with Gasteiger partial charge >= 0.3 is 5.97 Å². The van der Waals surface area contributed by atoms with Crippen molar-refractivity contribution in [3.8, 4) is 22.9 Å². The van der Waals surface area contributed by atoms with Gasteiger partial charge in [0.1, 0.15) is 22.7 Å². The molecule has 0 spiro atoms. The Morgan fingerprint density at radius 2 is 1.55 bits per heavy atom. The molecule has 0 saturated heterocycles. The standard InChI is InChI=1S/C38H36N6O7.CH5N/c1-4-23(20-45)25-7-5-6-15-40-16-14-22-8-10-26(38(48)49)28(19-22)37-41-31-29(12-9-24(21-46)33(31)50-2)44(37)18-17-43-30-13-11-27(35(39)47)34(51-3)32(30)42-36(25)43;1-2/h4-5,7-13,19-21,40H,1,6,14-18H2,2-3H3,(H2,39,47)(H,48,49);2H2,1H3/b7-5-,25-23-;. The number of carboxylic acids is 1. The van der Waals surface area contributed by atoms with Gasteiger partial charge in [-0.3, -0.25) is 14.4 Å². The minimum atomic E-state index is -1.12. The molecule has 5 aromatic rings. The Labute approximate surface area is 305 Å². The maximum Gasteiger partial charge on any atom is 0.336 e. The van der Waals surface area contributed by atoms with E-state index in [-0.39, 0.29) is 35.7 Å². The molecule has 3 heterocycles. The Kier molecular flexibility index (Phi) is 12.0. The number of nitrogens with one attached hydrogen (secondary N) is 1. The normalized spacial score (nSPS) is 14.8. The third-order valence-electron chi connectivity index (χ3n) is 8.94. The number of nitrogens with two attached hydrogens (primary N) is 2. The van der Waals surface area contributed by atoms with Gasteiger partial charge in [0.2, 0.25) is 0 Å². The molecule has 1 aliphatic rings. The summed E-state index contributed by atoms with van der Waals surface area (Å²) in [4.78, 5) is 59.2. The number of carboxylic acid groups (broad SMARTS) is 1. The zero-order valence-corrected chi connectivity index (χ0v) is 29.7. The first-order valence-electron chi connectivity index (χ1n) is 16.8. The van der Waals surface area contributed by atoms with E-state index in [1.807, 2.05) is 27.4 Å². The molecule has 2 aromatic heterocycles. The minimum Gasteiger partial charge on any atom is -0.494 e. The Bertz CT molecular complexity index is 2290. The van der Waals surface area contributed by atoms with E-state index in [9.17, 15) is 24.3 Å². The van der Waals surface area contributed by atoms with Crippen LogP contribution >= 0.6 is 0 Å². The Balaban J connectivity index is 0.00000266. The first-order valence-corrected chi connectivity index (χ1v) is 16.8. The van der Waals surface area contributed by atoms with E-state index in [2.05, 4.69) is 17.6 Å². The molecule has 14 nitrogen and oxygen atoms in total. The zero-order chi connectivity index (χ0) is 38.2. The van der Waals surface area contributed by atoms with Gasteiger partial charge in [0.15, 0.2) is 24.1 Å². The average Bonchev–Trinajstić information content (AvgIpc) is 3.73. The summed E-state index contributed by atoms with van der Waals surface area (Å²) < 4.78 is 15.1. The van der Waals surface area contributed by atoms with Gasteiger partial charge in [-0.25, -0.2) is 14.8 Å². The van der Waals surface area contributed by atoms with Crippen molar-refractivity contribution >= 4 is 52.1 Å². The van der Waals surface area contributed by atoms with E-state index in [0.717, 1.165) is 5.56 Å². The number of primary amides is 1. The van der Waals surface area contributed by atoms with Gasteiger partial charge < -0.3 is 40.5 Å². The molecule has 0 radical (unpaired) electrons. The van der Waals surface area contributed by atoms with Gasteiger partial charge in [-0.05, 0) is 74.9 Å². The molecule has 0 atom stereocenters. The summed E-state index contributed by atoms with van der Waals surface area (Å²) in [6.07, 6.45) is 7.89. The highest BCUT2D eigenvalue weighted by molar-refractivity contribution is 6.03. The third kappa shape index (κ3) is 7.22. The largest absolute Gasteiger partial charge is 0.494 e. The zero-order valence-electron chi connectivity index (χ0n) is 29.7. The van der Waals surface area contributed by atoms with Crippen molar-refractivity contribution in [2.45, 2.75) is 25.9 Å². The number of benzene rings is 3. The van der Waals surface area contributed by atoms with E-state index in [4.69, 9.17) is 25.2 Å². The summed E-state index contributed by atoms with van der Waals surface area (Å²) in [6, 6.07) is 11.9. The van der Waals surface area contributed by atoms with Crippen molar-refractivity contribution in [1.29, 1.82) is 0 Å². The van der Waals surface area contributed by atoms with E-state index in [0.29, 0.717) is 94.5 Å². The summed E-state index contributed by atoms with van der Waals surface area (Å²) >= 11 is 0. The van der Waals surface area contributed by atoms with Crippen LogP contribution in [-0.4, -0.2) is 83.0 Å². The predicted octanol–water partition coefficient (Wildman–Crippen LogP) is 4.19. The van der Waals surface area contributed by atoms with E-state index >= 15 is 0 Å². The van der Waals surface area contributed by atoms with Crippen molar-refractivity contribution < 1.29 is 33.8 Å². The van der Waals surface area contributed by atoms with E-state index in [1.54, 1.807) is 36.4 Å². The number of hydrogen-bond donors (Lipinski definition) is 4. The molecular weight excluding hydrogens is 678 g/mol. The lowest BCUT2D eigenvalue weighted by atomic mass is 10.0. The van der Waals surface area contributed by atoms with Gasteiger partial charge in [-0.2, -0.15) is 0 Å². The molecule has 6 rings (SSSR count). The number of amides is 1. The highest BCUT2D eigenvalue weighted by Crippen LogP contribution is 2.37. The molecule has 0 unspecified atom stereocenters. The summed E-state index contributed by atoms with van der Waals surface area (Å²) in [5.74, 6) is -0.603. The second-order valence-electron chi connectivity index (χ2n) is 11.8. The van der Waals surface area contributed by atoms with Gasteiger partial charge in [0.05, 0.1) is 41.9 Å². The number of carbonyl (C=O) groups excluding carboxylic acids is 3. The van der Waals surface area contributed by atoms with Crippen molar-refractivity contribution in [3.63, 3.8) is 0 Å².